The molecule has 0 spiro atoms. The third-order valence-corrected chi connectivity index (χ3v) is 8.12. The van der Waals surface area contributed by atoms with E-state index in [1.165, 1.54) is 0 Å². The van der Waals surface area contributed by atoms with Crippen LogP contribution in [0, 0.1) is 11.8 Å². The van der Waals surface area contributed by atoms with Gasteiger partial charge in [0.05, 0.1) is 28.3 Å². The van der Waals surface area contributed by atoms with Gasteiger partial charge in [-0.15, -0.1) is 0 Å². The molecule has 39 heavy (non-hydrogen) atoms. The Hall–Kier alpha value is -4.46. The summed E-state index contributed by atoms with van der Waals surface area (Å²) in [5, 5.41) is 11.0. The Labute approximate surface area is 226 Å². The number of aromatic amines is 1. The van der Waals surface area contributed by atoms with Crippen LogP contribution in [0.5, 0.6) is 0 Å². The smallest absolute Gasteiger partial charge is 0.253 e. The molecule has 1 aliphatic heterocycles. The van der Waals surface area contributed by atoms with Crippen molar-refractivity contribution in [2.75, 3.05) is 20.1 Å². The quantitative estimate of drug-likeness (QED) is 0.335. The van der Waals surface area contributed by atoms with Gasteiger partial charge in [-0.05, 0) is 54.5 Å². The number of para-hydroxylation sites is 1. The lowest BCUT2D eigenvalue weighted by Gasteiger charge is -2.18. The van der Waals surface area contributed by atoms with Gasteiger partial charge in [0.15, 0.2) is 0 Å². The van der Waals surface area contributed by atoms with Crippen molar-refractivity contribution in [2.24, 2.45) is 11.8 Å². The average molecular weight is 519 g/mol. The molecule has 2 aromatic heterocycles. The summed E-state index contributed by atoms with van der Waals surface area (Å²) in [6.07, 6.45) is 4.83. The monoisotopic (exact) mass is 518 g/mol. The summed E-state index contributed by atoms with van der Waals surface area (Å²) in [6, 6.07) is 20.4. The lowest BCUT2D eigenvalue weighted by Crippen LogP contribution is -2.30. The van der Waals surface area contributed by atoms with Crippen molar-refractivity contribution in [2.45, 2.75) is 25.8 Å². The van der Waals surface area contributed by atoms with E-state index in [1.54, 1.807) is 7.05 Å². The van der Waals surface area contributed by atoms with Gasteiger partial charge in [-0.3, -0.25) is 14.7 Å². The van der Waals surface area contributed by atoms with Gasteiger partial charge in [0.1, 0.15) is 5.82 Å². The zero-order valence-electron chi connectivity index (χ0n) is 21.9. The van der Waals surface area contributed by atoms with Crippen molar-refractivity contribution < 1.29 is 9.59 Å². The van der Waals surface area contributed by atoms with Crippen LogP contribution in [-0.4, -0.2) is 56.6 Å². The standard InChI is InChI=1S/C31H30N6O2/c1-32-30(38)25-3-2-4-26-28(25)37(18-19-13-14-36(17-19)31(39)22-9-10-22)29(34-26)21-7-5-20(6-8-21)23-11-12-24-16-33-35-27(24)15-23/h2-8,11-12,15-16,19,22H,9-10,13-14,17-18H2,1H3,(H,32,38)(H,33,35)/t19-/m0/s1. The molecular formula is C31H30N6O2. The third kappa shape index (κ3) is 4.26. The molecule has 0 unspecified atom stereocenters. The molecule has 2 fully saturated rings. The fourth-order valence-electron chi connectivity index (χ4n) is 5.86. The summed E-state index contributed by atoms with van der Waals surface area (Å²) in [6.45, 7) is 2.26. The normalized spacial score (nSPS) is 17.3. The van der Waals surface area contributed by atoms with Crippen LogP contribution >= 0.6 is 0 Å². The van der Waals surface area contributed by atoms with Crippen LogP contribution in [0.1, 0.15) is 29.6 Å². The minimum Gasteiger partial charge on any atom is -0.355 e. The number of hydrogen-bond acceptors (Lipinski definition) is 4. The van der Waals surface area contributed by atoms with E-state index in [-0.39, 0.29) is 11.8 Å². The molecule has 1 saturated heterocycles. The molecule has 1 atom stereocenters. The maximum Gasteiger partial charge on any atom is 0.253 e. The summed E-state index contributed by atoms with van der Waals surface area (Å²) in [4.78, 5) is 32.6. The second-order valence-corrected chi connectivity index (χ2v) is 10.8. The van der Waals surface area contributed by atoms with Crippen molar-refractivity contribution in [3.05, 3.63) is 72.4 Å². The summed E-state index contributed by atoms with van der Waals surface area (Å²) in [5.41, 5.74) is 6.46. The predicted octanol–water partition coefficient (Wildman–Crippen LogP) is 4.86. The molecule has 8 heteroatoms. The summed E-state index contributed by atoms with van der Waals surface area (Å²) in [7, 11) is 1.65. The van der Waals surface area contributed by atoms with Crippen molar-refractivity contribution >= 4 is 33.8 Å². The Balaban J connectivity index is 1.26. The average Bonchev–Trinajstić information content (AvgIpc) is 3.36. The van der Waals surface area contributed by atoms with E-state index in [0.29, 0.717) is 23.9 Å². The fourth-order valence-corrected chi connectivity index (χ4v) is 5.86. The molecule has 0 radical (unpaired) electrons. The Morgan fingerprint density at radius 3 is 2.59 bits per heavy atom. The minimum atomic E-state index is -0.130. The van der Waals surface area contributed by atoms with Crippen LogP contribution in [0.3, 0.4) is 0 Å². The van der Waals surface area contributed by atoms with Gasteiger partial charge in [0, 0.05) is 43.5 Å². The van der Waals surface area contributed by atoms with E-state index in [9.17, 15) is 9.59 Å². The van der Waals surface area contributed by atoms with Crippen molar-refractivity contribution in [3.63, 3.8) is 0 Å². The molecule has 196 valence electrons. The van der Waals surface area contributed by atoms with E-state index in [4.69, 9.17) is 4.98 Å². The van der Waals surface area contributed by atoms with E-state index < -0.39 is 0 Å². The lowest BCUT2D eigenvalue weighted by molar-refractivity contribution is -0.131. The first-order valence-electron chi connectivity index (χ1n) is 13.6. The van der Waals surface area contributed by atoms with Gasteiger partial charge in [0.2, 0.25) is 5.91 Å². The summed E-state index contributed by atoms with van der Waals surface area (Å²) >= 11 is 0. The highest BCUT2D eigenvalue weighted by molar-refractivity contribution is 6.05. The molecule has 3 aromatic carbocycles. The maximum atomic E-state index is 12.8. The number of fused-ring (bicyclic) bond motifs is 2. The molecular weight excluding hydrogens is 488 g/mol. The number of imidazole rings is 1. The van der Waals surface area contributed by atoms with Crippen LogP contribution in [0.4, 0.5) is 0 Å². The highest BCUT2D eigenvalue weighted by Crippen LogP contribution is 2.35. The van der Waals surface area contributed by atoms with Gasteiger partial charge >= 0.3 is 0 Å². The first-order valence-corrected chi connectivity index (χ1v) is 13.6. The van der Waals surface area contributed by atoms with Crippen LogP contribution in [0.25, 0.3) is 44.5 Å². The molecule has 1 aliphatic carbocycles. The Kier molecular flexibility index (Phi) is 5.68. The molecule has 5 aromatic rings. The number of H-pyrrole nitrogens is 1. The lowest BCUT2D eigenvalue weighted by atomic mass is 10.0. The number of rotatable bonds is 6. The van der Waals surface area contributed by atoms with Gasteiger partial charge in [-0.1, -0.05) is 42.5 Å². The minimum absolute atomic E-state index is 0.130. The Morgan fingerprint density at radius 1 is 1.00 bits per heavy atom. The molecule has 1 saturated carbocycles. The second-order valence-electron chi connectivity index (χ2n) is 10.8. The molecule has 3 heterocycles. The first-order chi connectivity index (χ1) is 19.1. The highest BCUT2D eigenvalue weighted by Gasteiger charge is 2.37. The molecule has 2 aliphatic rings. The molecule has 2 N–H and O–H groups in total. The topological polar surface area (TPSA) is 95.9 Å². The van der Waals surface area contributed by atoms with Crippen LogP contribution in [0.15, 0.2) is 66.9 Å². The van der Waals surface area contributed by atoms with E-state index in [1.807, 2.05) is 29.3 Å². The van der Waals surface area contributed by atoms with E-state index >= 15 is 0 Å². The van der Waals surface area contributed by atoms with Gasteiger partial charge < -0.3 is 14.8 Å². The number of amides is 2. The Morgan fingerprint density at radius 2 is 1.79 bits per heavy atom. The third-order valence-electron chi connectivity index (χ3n) is 8.12. The second kappa shape index (κ2) is 9.38. The molecule has 0 bridgehead atoms. The fraction of sp³-hybridized carbons (Fsp3) is 0.290. The molecule has 8 nitrogen and oxygen atoms in total. The highest BCUT2D eigenvalue weighted by atomic mass is 16.2. The van der Waals surface area contributed by atoms with Crippen LogP contribution < -0.4 is 5.32 Å². The number of benzene rings is 3. The zero-order valence-corrected chi connectivity index (χ0v) is 21.9. The maximum absolute atomic E-state index is 12.8. The number of hydrogen-bond donors (Lipinski definition) is 2. The van der Waals surface area contributed by atoms with Gasteiger partial charge in [0.25, 0.3) is 5.91 Å². The number of nitrogens with one attached hydrogen (secondary N) is 2. The van der Waals surface area contributed by atoms with Crippen molar-refractivity contribution in [1.82, 2.24) is 30.0 Å². The number of nitrogens with zero attached hydrogens (tertiary/aromatic N) is 4. The number of likely N-dealkylation sites (tertiary alicyclic amines) is 1. The summed E-state index contributed by atoms with van der Waals surface area (Å²) in [5.74, 6) is 1.56. The number of carbonyl (C=O) groups is 2. The zero-order chi connectivity index (χ0) is 26.5. The van der Waals surface area contributed by atoms with Crippen molar-refractivity contribution in [3.8, 4) is 22.5 Å². The van der Waals surface area contributed by atoms with Gasteiger partial charge in [-0.25, -0.2) is 4.98 Å². The number of carbonyl (C=O) groups excluding carboxylic acids is 2. The predicted molar refractivity (Wildman–Crippen MR) is 151 cm³/mol. The van der Waals surface area contributed by atoms with Crippen LogP contribution in [0.2, 0.25) is 0 Å². The number of aromatic nitrogens is 4. The Bertz CT molecular complexity index is 1710. The van der Waals surface area contributed by atoms with E-state index in [2.05, 4.69) is 62.5 Å². The van der Waals surface area contributed by atoms with Crippen molar-refractivity contribution in [1.29, 1.82) is 0 Å². The largest absolute Gasteiger partial charge is 0.355 e. The SMILES string of the molecule is CNC(=O)c1cccc2nc(-c3ccc(-c4ccc5cn[nH]c5c4)cc3)n(C[C@H]3CCN(C(=O)C4CC4)C3)c12. The molecule has 2 amide bonds. The summed E-state index contributed by atoms with van der Waals surface area (Å²) < 4.78 is 2.20. The van der Waals surface area contributed by atoms with Gasteiger partial charge in [-0.2, -0.15) is 5.10 Å². The molecule has 7 rings (SSSR count). The van der Waals surface area contributed by atoms with E-state index in [0.717, 1.165) is 76.8 Å². The first kappa shape index (κ1) is 23.6. The van der Waals surface area contributed by atoms with Crippen LogP contribution in [-0.2, 0) is 11.3 Å².